The van der Waals surface area contributed by atoms with Gasteiger partial charge >= 0.3 is 0 Å². The Labute approximate surface area is 115 Å². The fourth-order valence-electron chi connectivity index (χ4n) is 3.04. The van der Waals surface area contributed by atoms with Crippen LogP contribution in [0.15, 0.2) is 0 Å². The van der Waals surface area contributed by atoms with Gasteiger partial charge in [-0.1, -0.05) is 0 Å². The van der Waals surface area contributed by atoms with Crippen LogP contribution in [0.1, 0.15) is 32.1 Å². The van der Waals surface area contributed by atoms with E-state index in [-0.39, 0.29) is 17.7 Å². The van der Waals surface area contributed by atoms with Crippen LogP contribution < -0.4 is 10.6 Å². The fourth-order valence-corrected chi connectivity index (χ4v) is 3.04. The van der Waals surface area contributed by atoms with Gasteiger partial charge < -0.3 is 15.5 Å². The van der Waals surface area contributed by atoms with Gasteiger partial charge in [-0.2, -0.15) is 0 Å². The van der Waals surface area contributed by atoms with Crippen molar-refractivity contribution < 1.29 is 9.59 Å². The number of hydrogen-bond acceptors (Lipinski definition) is 3. The summed E-state index contributed by atoms with van der Waals surface area (Å²) in [6.07, 6.45) is 4.47. The van der Waals surface area contributed by atoms with E-state index in [0.29, 0.717) is 12.3 Å². The highest BCUT2D eigenvalue weighted by molar-refractivity contribution is 5.79. The third-order valence-corrected chi connectivity index (χ3v) is 4.39. The van der Waals surface area contributed by atoms with Crippen LogP contribution in [0.5, 0.6) is 0 Å². The van der Waals surface area contributed by atoms with Crippen molar-refractivity contribution in [2.24, 2.45) is 11.8 Å². The molecular formula is C14H25N3O2. The van der Waals surface area contributed by atoms with Crippen molar-refractivity contribution in [3.63, 3.8) is 0 Å². The van der Waals surface area contributed by atoms with Crippen molar-refractivity contribution >= 4 is 11.8 Å². The van der Waals surface area contributed by atoms with Crippen molar-refractivity contribution in [1.29, 1.82) is 0 Å². The van der Waals surface area contributed by atoms with Crippen LogP contribution >= 0.6 is 0 Å². The van der Waals surface area contributed by atoms with E-state index in [1.165, 1.54) is 6.42 Å². The fraction of sp³-hybridized carbons (Fsp3) is 0.857. The first kappa shape index (κ1) is 14.3. The molecule has 0 aliphatic carbocycles. The van der Waals surface area contributed by atoms with Gasteiger partial charge in [0.25, 0.3) is 0 Å². The first-order valence-corrected chi connectivity index (χ1v) is 7.40. The molecule has 5 nitrogen and oxygen atoms in total. The van der Waals surface area contributed by atoms with Gasteiger partial charge in [0.1, 0.15) is 0 Å². The summed E-state index contributed by atoms with van der Waals surface area (Å²) in [4.78, 5) is 25.6. The van der Waals surface area contributed by atoms with E-state index in [9.17, 15) is 9.59 Å². The van der Waals surface area contributed by atoms with Crippen molar-refractivity contribution in [3.8, 4) is 0 Å². The lowest BCUT2D eigenvalue weighted by molar-refractivity contribution is -0.135. The van der Waals surface area contributed by atoms with E-state index in [0.717, 1.165) is 45.4 Å². The predicted molar refractivity (Wildman–Crippen MR) is 73.6 cm³/mol. The SMILES string of the molecule is CNC(=O)C1CCN(C(=O)CCC2CCNC2)CC1. The number of piperidine rings is 1. The van der Waals surface area contributed by atoms with Crippen molar-refractivity contribution in [2.75, 3.05) is 33.2 Å². The molecular weight excluding hydrogens is 242 g/mol. The molecule has 2 aliphatic rings. The van der Waals surface area contributed by atoms with Crippen LogP contribution in [0.2, 0.25) is 0 Å². The van der Waals surface area contributed by atoms with Crippen molar-refractivity contribution in [2.45, 2.75) is 32.1 Å². The summed E-state index contributed by atoms with van der Waals surface area (Å²) in [5.74, 6) is 1.15. The number of carbonyl (C=O) groups is 2. The Morgan fingerprint density at radius 1 is 1.26 bits per heavy atom. The van der Waals surface area contributed by atoms with Gasteiger partial charge in [-0.3, -0.25) is 9.59 Å². The molecule has 1 atom stereocenters. The Morgan fingerprint density at radius 2 is 2.00 bits per heavy atom. The lowest BCUT2D eigenvalue weighted by Gasteiger charge is -2.31. The molecule has 2 fully saturated rings. The van der Waals surface area contributed by atoms with Gasteiger partial charge in [0, 0.05) is 32.5 Å². The van der Waals surface area contributed by atoms with Crippen LogP contribution in [-0.4, -0.2) is 49.9 Å². The molecule has 2 saturated heterocycles. The molecule has 0 aromatic heterocycles. The van der Waals surface area contributed by atoms with E-state index >= 15 is 0 Å². The van der Waals surface area contributed by atoms with Crippen molar-refractivity contribution in [1.82, 2.24) is 15.5 Å². The van der Waals surface area contributed by atoms with E-state index < -0.39 is 0 Å². The second kappa shape index (κ2) is 6.89. The first-order chi connectivity index (χ1) is 9.20. The number of hydrogen-bond donors (Lipinski definition) is 2. The monoisotopic (exact) mass is 267 g/mol. The summed E-state index contributed by atoms with van der Waals surface area (Å²) in [6.45, 7) is 3.63. The summed E-state index contributed by atoms with van der Waals surface area (Å²) < 4.78 is 0. The molecule has 0 aromatic rings. The van der Waals surface area contributed by atoms with Gasteiger partial charge in [0.05, 0.1) is 0 Å². The summed E-state index contributed by atoms with van der Waals surface area (Å²) in [5, 5.41) is 6.02. The minimum Gasteiger partial charge on any atom is -0.359 e. The zero-order valence-electron chi connectivity index (χ0n) is 11.8. The summed E-state index contributed by atoms with van der Waals surface area (Å²) in [5.41, 5.74) is 0. The van der Waals surface area contributed by atoms with E-state index in [2.05, 4.69) is 10.6 Å². The smallest absolute Gasteiger partial charge is 0.222 e. The number of carbonyl (C=O) groups excluding carboxylic acids is 2. The number of likely N-dealkylation sites (tertiary alicyclic amines) is 1. The number of rotatable bonds is 4. The lowest BCUT2D eigenvalue weighted by Crippen LogP contribution is -2.42. The maximum Gasteiger partial charge on any atom is 0.222 e. The molecule has 2 amide bonds. The van der Waals surface area contributed by atoms with Crippen LogP contribution in [0.25, 0.3) is 0 Å². The van der Waals surface area contributed by atoms with Crippen LogP contribution in [-0.2, 0) is 9.59 Å². The highest BCUT2D eigenvalue weighted by Gasteiger charge is 2.27. The summed E-state index contributed by atoms with van der Waals surface area (Å²) >= 11 is 0. The molecule has 19 heavy (non-hydrogen) atoms. The Kier molecular flexibility index (Phi) is 5.19. The third kappa shape index (κ3) is 3.93. The molecule has 5 heteroatoms. The number of nitrogens with zero attached hydrogens (tertiary/aromatic N) is 1. The van der Waals surface area contributed by atoms with E-state index in [1.54, 1.807) is 7.05 Å². The molecule has 1 unspecified atom stereocenters. The Balaban J connectivity index is 1.68. The first-order valence-electron chi connectivity index (χ1n) is 7.40. The molecule has 0 bridgehead atoms. The minimum atomic E-state index is 0.0908. The topological polar surface area (TPSA) is 61.4 Å². The number of nitrogens with one attached hydrogen (secondary N) is 2. The number of amides is 2. The standard InChI is InChI=1S/C14H25N3O2/c1-15-14(19)12-5-8-17(9-6-12)13(18)3-2-11-4-7-16-10-11/h11-12,16H,2-10H2,1H3,(H,15,19). The maximum absolute atomic E-state index is 12.1. The predicted octanol–water partition coefficient (Wildman–Crippen LogP) is 0.361. The molecule has 2 rings (SSSR count). The zero-order valence-corrected chi connectivity index (χ0v) is 11.8. The zero-order chi connectivity index (χ0) is 13.7. The summed E-state index contributed by atoms with van der Waals surface area (Å²) in [7, 11) is 1.68. The second-order valence-corrected chi connectivity index (χ2v) is 5.67. The van der Waals surface area contributed by atoms with Gasteiger partial charge in [-0.05, 0) is 44.7 Å². The maximum atomic E-state index is 12.1. The molecule has 0 radical (unpaired) electrons. The highest BCUT2D eigenvalue weighted by atomic mass is 16.2. The molecule has 0 spiro atoms. The minimum absolute atomic E-state index is 0.0908. The highest BCUT2D eigenvalue weighted by Crippen LogP contribution is 2.20. The normalized spacial score (nSPS) is 24.5. The van der Waals surface area contributed by atoms with Crippen LogP contribution in [0, 0.1) is 11.8 Å². The van der Waals surface area contributed by atoms with E-state index in [1.807, 2.05) is 4.90 Å². The molecule has 2 N–H and O–H groups in total. The van der Waals surface area contributed by atoms with Gasteiger partial charge in [-0.15, -0.1) is 0 Å². The van der Waals surface area contributed by atoms with Gasteiger partial charge in [0.15, 0.2) is 0 Å². The lowest BCUT2D eigenvalue weighted by atomic mass is 9.95. The van der Waals surface area contributed by atoms with E-state index in [4.69, 9.17) is 0 Å². The van der Waals surface area contributed by atoms with Gasteiger partial charge in [0.2, 0.25) is 11.8 Å². The Morgan fingerprint density at radius 3 is 2.58 bits per heavy atom. The molecule has 2 aliphatic heterocycles. The molecule has 108 valence electrons. The van der Waals surface area contributed by atoms with Crippen LogP contribution in [0.3, 0.4) is 0 Å². The molecule has 0 saturated carbocycles. The largest absolute Gasteiger partial charge is 0.359 e. The Bertz CT molecular complexity index is 319. The second-order valence-electron chi connectivity index (χ2n) is 5.67. The third-order valence-electron chi connectivity index (χ3n) is 4.39. The average Bonchev–Trinajstić information content (AvgIpc) is 2.97. The van der Waals surface area contributed by atoms with Crippen LogP contribution in [0.4, 0.5) is 0 Å². The summed E-state index contributed by atoms with van der Waals surface area (Å²) in [6, 6.07) is 0. The Hall–Kier alpha value is -1.10. The molecule has 2 heterocycles. The van der Waals surface area contributed by atoms with Gasteiger partial charge in [-0.25, -0.2) is 0 Å². The quantitative estimate of drug-likeness (QED) is 0.773. The van der Waals surface area contributed by atoms with Crippen molar-refractivity contribution in [3.05, 3.63) is 0 Å². The average molecular weight is 267 g/mol. The molecule has 0 aromatic carbocycles.